The van der Waals surface area contributed by atoms with Crippen LogP contribution in [-0.4, -0.2) is 212 Å². The number of nitrogens with one attached hydrogen (secondary N) is 4. The van der Waals surface area contributed by atoms with Crippen molar-refractivity contribution in [2.75, 3.05) is 110 Å². The minimum atomic E-state index is -1.03. The van der Waals surface area contributed by atoms with Crippen LogP contribution in [0.2, 0.25) is 0 Å². The number of urea groups is 1. The first-order chi connectivity index (χ1) is 35.1. The first-order valence-electron chi connectivity index (χ1n) is 26.5. The SMILES string of the molecule is CC(=O)N(CCCCN)CC(=O)N(CCCCN)CC(=O)N(CCCCN)CC(=O)N(CCCCN)CC(=O)N(CCCCN)CC(=O)N[C@@H](CCCCNC(=O)CCCCC1SC[C@@H]2NC(=O)NC12)C(N)=O. The zero-order valence-electron chi connectivity index (χ0n) is 43.6. The summed E-state index contributed by atoms with van der Waals surface area (Å²) < 4.78 is 0. The Morgan fingerprint density at radius 2 is 1.00 bits per heavy atom. The van der Waals surface area contributed by atoms with Crippen LogP contribution < -0.4 is 55.7 Å². The number of unbranched alkanes of at least 4 members (excludes halogenated alkanes) is 7. The molecule has 0 aromatic heterocycles. The van der Waals surface area contributed by atoms with E-state index < -0.39 is 61.1 Å². The lowest BCUT2D eigenvalue weighted by Gasteiger charge is -2.32. The third-order valence-electron chi connectivity index (χ3n) is 12.9. The van der Waals surface area contributed by atoms with Crippen molar-refractivity contribution in [3.05, 3.63) is 0 Å². The van der Waals surface area contributed by atoms with Crippen LogP contribution in [0.25, 0.3) is 0 Å². The highest BCUT2D eigenvalue weighted by molar-refractivity contribution is 8.00. The standard InChI is InChI=1S/C48H91N15O9S/c1-36(64)59(25-11-5-19-49)31-42(67)61(27-13-7-21-51)33-44(69)63(29-15-9-23-53)34-45(70)62(28-14-8-22-52)32-43(68)60(26-12-6-20-50)30-41(66)56-37(47(54)71)16-4-10-24-55-40(65)18-3-2-17-39-46-38(35-73-39)57-48(72)58-46/h37-39,46H,2-35,49-53H2,1H3,(H2,54,71)(H,55,65)(H,56,66)(H2,57,58,72)/t37-,38-,39?,46?/m0/s1. The van der Waals surface area contributed by atoms with Crippen LogP contribution in [0.4, 0.5) is 4.79 Å². The average Bonchev–Trinajstić information content (AvgIpc) is 3.91. The van der Waals surface area contributed by atoms with Crippen LogP contribution >= 0.6 is 11.8 Å². The lowest BCUT2D eigenvalue weighted by atomic mass is 10.0. The van der Waals surface area contributed by atoms with E-state index in [-0.39, 0.29) is 75.6 Å². The number of carbonyl (C=O) groups excluding carboxylic acids is 9. The molecule has 2 heterocycles. The number of thioether (sulfide) groups is 1. The Kier molecular flexibility index (Phi) is 33.3. The highest BCUT2D eigenvalue weighted by Gasteiger charge is 2.42. The molecule has 0 saturated carbocycles. The van der Waals surface area contributed by atoms with Gasteiger partial charge in [-0.1, -0.05) is 6.42 Å². The van der Waals surface area contributed by atoms with Crippen LogP contribution in [0.1, 0.15) is 116 Å². The minimum absolute atomic E-state index is 0.0748. The maximum Gasteiger partial charge on any atom is 0.315 e. The van der Waals surface area contributed by atoms with Crippen molar-refractivity contribution in [2.45, 2.75) is 139 Å². The molecular formula is C48H91N15O9S. The van der Waals surface area contributed by atoms with Gasteiger partial charge in [-0.2, -0.15) is 11.8 Å². The third-order valence-corrected chi connectivity index (χ3v) is 14.4. The van der Waals surface area contributed by atoms with E-state index in [1.165, 1.54) is 31.4 Å². The fourth-order valence-corrected chi connectivity index (χ4v) is 10.1. The Morgan fingerprint density at radius 3 is 1.44 bits per heavy atom. The van der Waals surface area contributed by atoms with Crippen LogP contribution in [0.15, 0.2) is 0 Å². The fourth-order valence-electron chi connectivity index (χ4n) is 8.57. The molecular weight excluding hydrogens is 963 g/mol. The van der Waals surface area contributed by atoms with Crippen molar-refractivity contribution in [3.8, 4) is 0 Å². The van der Waals surface area contributed by atoms with E-state index in [2.05, 4.69) is 21.3 Å². The quantitative estimate of drug-likeness (QED) is 0.0230. The van der Waals surface area contributed by atoms with E-state index in [4.69, 9.17) is 34.4 Å². The predicted octanol–water partition coefficient (Wildman–Crippen LogP) is -2.17. The van der Waals surface area contributed by atoms with Gasteiger partial charge in [-0.25, -0.2) is 4.79 Å². The lowest BCUT2D eigenvalue weighted by Crippen LogP contribution is -2.52. The van der Waals surface area contributed by atoms with Gasteiger partial charge in [-0.3, -0.25) is 38.4 Å². The summed E-state index contributed by atoms with van der Waals surface area (Å²) in [7, 11) is 0. The van der Waals surface area contributed by atoms with Crippen LogP contribution in [0, 0.1) is 0 Å². The summed E-state index contributed by atoms with van der Waals surface area (Å²) in [5, 5.41) is 11.8. The van der Waals surface area contributed by atoms with E-state index in [1.54, 1.807) is 0 Å². The van der Waals surface area contributed by atoms with Crippen molar-refractivity contribution in [1.29, 1.82) is 0 Å². The maximum absolute atomic E-state index is 14.2. The predicted molar refractivity (Wildman–Crippen MR) is 282 cm³/mol. The fraction of sp³-hybridized carbons (Fsp3) is 0.812. The van der Waals surface area contributed by atoms with Gasteiger partial charge in [0.05, 0.1) is 44.8 Å². The number of hydrogen-bond acceptors (Lipinski definition) is 15. The van der Waals surface area contributed by atoms with Gasteiger partial charge in [-0.05, 0) is 129 Å². The Morgan fingerprint density at radius 1 is 0.562 bits per heavy atom. The molecule has 418 valence electrons. The summed E-state index contributed by atoms with van der Waals surface area (Å²) in [5.41, 5.74) is 34.4. The molecule has 2 rings (SSSR count). The Bertz CT molecular complexity index is 1720. The number of hydrogen-bond donors (Lipinski definition) is 10. The summed E-state index contributed by atoms with van der Waals surface area (Å²) in [5.74, 6) is -2.83. The average molecular weight is 1050 g/mol. The summed E-state index contributed by atoms with van der Waals surface area (Å²) in [6.07, 6.45) is 9.55. The first kappa shape index (κ1) is 64.3. The number of amides is 10. The zero-order valence-corrected chi connectivity index (χ0v) is 44.5. The van der Waals surface area contributed by atoms with Crippen LogP contribution in [0.5, 0.6) is 0 Å². The molecule has 2 unspecified atom stereocenters. The summed E-state index contributed by atoms with van der Waals surface area (Å²) in [6, 6.07) is -0.855. The van der Waals surface area contributed by atoms with E-state index in [0.29, 0.717) is 135 Å². The molecule has 4 atom stereocenters. The van der Waals surface area contributed by atoms with Crippen LogP contribution in [-0.2, 0) is 38.4 Å². The molecule has 10 amide bonds. The van der Waals surface area contributed by atoms with Gasteiger partial charge in [-0.15, -0.1) is 0 Å². The second-order valence-electron chi connectivity index (χ2n) is 18.9. The van der Waals surface area contributed by atoms with Gasteiger partial charge in [0.25, 0.3) is 0 Å². The first-order valence-corrected chi connectivity index (χ1v) is 27.5. The molecule has 2 saturated heterocycles. The number of primary amides is 1. The second kappa shape index (κ2) is 37.8. The number of rotatable bonds is 42. The Labute approximate surface area is 436 Å². The summed E-state index contributed by atoms with van der Waals surface area (Å²) in [4.78, 5) is 125. The normalized spacial score (nSPS) is 16.1. The van der Waals surface area contributed by atoms with Crippen molar-refractivity contribution in [3.63, 3.8) is 0 Å². The molecule has 73 heavy (non-hydrogen) atoms. The molecule has 0 radical (unpaired) electrons. The van der Waals surface area contributed by atoms with Gasteiger partial charge in [0.15, 0.2) is 0 Å². The summed E-state index contributed by atoms with van der Waals surface area (Å²) in [6.45, 7) is 2.76. The van der Waals surface area contributed by atoms with Gasteiger partial charge < -0.3 is 80.2 Å². The van der Waals surface area contributed by atoms with E-state index >= 15 is 0 Å². The van der Waals surface area contributed by atoms with Crippen molar-refractivity contribution < 1.29 is 43.2 Å². The molecule has 16 N–H and O–H groups in total. The zero-order chi connectivity index (χ0) is 54.0. The molecule has 2 fully saturated rings. The number of nitrogens with zero attached hydrogens (tertiary/aromatic N) is 5. The third kappa shape index (κ3) is 26.3. The van der Waals surface area contributed by atoms with Crippen molar-refractivity contribution in [2.24, 2.45) is 34.4 Å². The topological polar surface area (TPSA) is 374 Å². The molecule has 0 aromatic carbocycles. The van der Waals surface area contributed by atoms with Crippen molar-refractivity contribution >= 4 is 65.1 Å². The van der Waals surface area contributed by atoms with Crippen molar-refractivity contribution in [1.82, 2.24) is 45.8 Å². The molecule has 24 nitrogen and oxygen atoms in total. The molecule has 2 aliphatic rings. The molecule has 0 spiro atoms. The van der Waals surface area contributed by atoms with Crippen LogP contribution in [0.3, 0.4) is 0 Å². The van der Waals surface area contributed by atoms with Gasteiger partial charge >= 0.3 is 6.03 Å². The Balaban J connectivity index is 2.07. The van der Waals surface area contributed by atoms with E-state index in [1.807, 2.05) is 11.8 Å². The minimum Gasteiger partial charge on any atom is -0.368 e. The second-order valence-corrected chi connectivity index (χ2v) is 20.2. The maximum atomic E-state index is 14.2. The largest absolute Gasteiger partial charge is 0.368 e. The number of nitrogens with two attached hydrogens (primary N) is 6. The number of carbonyl (C=O) groups is 9. The lowest BCUT2D eigenvalue weighted by molar-refractivity contribution is -0.147. The highest BCUT2D eigenvalue weighted by Crippen LogP contribution is 2.33. The molecule has 0 bridgehead atoms. The monoisotopic (exact) mass is 1050 g/mol. The van der Waals surface area contributed by atoms with Gasteiger partial charge in [0.2, 0.25) is 47.3 Å². The Hall–Kier alpha value is -4.82. The van der Waals surface area contributed by atoms with Gasteiger partial charge in [0, 0.05) is 63.6 Å². The molecule has 25 heteroatoms. The van der Waals surface area contributed by atoms with E-state index in [9.17, 15) is 43.2 Å². The molecule has 0 aliphatic carbocycles. The molecule has 2 aliphatic heterocycles. The number of fused-ring (bicyclic) bond motifs is 1. The highest BCUT2D eigenvalue weighted by atomic mass is 32.2. The molecule has 0 aromatic rings. The van der Waals surface area contributed by atoms with Gasteiger partial charge in [0.1, 0.15) is 6.04 Å². The van der Waals surface area contributed by atoms with E-state index in [0.717, 1.165) is 25.0 Å². The smallest absolute Gasteiger partial charge is 0.315 e. The summed E-state index contributed by atoms with van der Waals surface area (Å²) >= 11 is 1.84.